The van der Waals surface area contributed by atoms with E-state index in [-0.39, 0.29) is 29.9 Å². The van der Waals surface area contributed by atoms with Gasteiger partial charge in [-0.05, 0) is 24.3 Å². The first kappa shape index (κ1) is 19.0. The van der Waals surface area contributed by atoms with Crippen LogP contribution in [0.15, 0.2) is 53.1 Å². The van der Waals surface area contributed by atoms with Crippen molar-refractivity contribution in [1.29, 1.82) is 0 Å². The fourth-order valence-corrected chi connectivity index (χ4v) is 3.85. The summed E-state index contributed by atoms with van der Waals surface area (Å²) in [7, 11) is 0. The van der Waals surface area contributed by atoms with Crippen molar-refractivity contribution in [1.82, 2.24) is 15.1 Å². The van der Waals surface area contributed by atoms with Crippen LogP contribution in [0, 0.1) is 0 Å². The van der Waals surface area contributed by atoms with Gasteiger partial charge in [0.1, 0.15) is 6.04 Å². The molecule has 0 bridgehead atoms. The molecule has 8 heteroatoms. The van der Waals surface area contributed by atoms with Gasteiger partial charge in [0.2, 0.25) is 11.8 Å². The van der Waals surface area contributed by atoms with Crippen molar-refractivity contribution in [3.8, 4) is 0 Å². The molecule has 1 aromatic carbocycles. The number of furan rings is 1. The van der Waals surface area contributed by atoms with E-state index in [1.54, 1.807) is 17.0 Å². The number of nitrogens with zero attached hydrogens (tertiary/aromatic N) is 3. The molecular weight excluding hydrogens is 372 g/mol. The van der Waals surface area contributed by atoms with Gasteiger partial charge in [-0.25, -0.2) is 0 Å². The molecule has 0 saturated carbocycles. The second kappa shape index (κ2) is 8.38. The number of hydrogen-bond acceptors (Lipinski definition) is 5. The molecule has 0 spiro atoms. The molecule has 1 unspecified atom stereocenters. The molecule has 0 radical (unpaired) electrons. The second-order valence-electron chi connectivity index (χ2n) is 7.19. The van der Waals surface area contributed by atoms with E-state index in [2.05, 4.69) is 22.3 Å². The third kappa shape index (κ3) is 4.11. The van der Waals surface area contributed by atoms with Crippen LogP contribution in [0.3, 0.4) is 0 Å². The summed E-state index contributed by atoms with van der Waals surface area (Å²) >= 11 is 0. The molecule has 3 amide bonds. The van der Waals surface area contributed by atoms with Crippen LogP contribution >= 0.6 is 0 Å². The van der Waals surface area contributed by atoms with E-state index >= 15 is 0 Å². The Morgan fingerprint density at radius 2 is 1.76 bits per heavy atom. The molecule has 2 fully saturated rings. The van der Waals surface area contributed by atoms with Gasteiger partial charge in [-0.15, -0.1) is 0 Å². The standard InChI is InChI=1S/C21H24N4O4/c26-19(24-12-10-23(11-13-24)16-5-2-1-3-6-16)15-17-20(27)22-8-9-25(17)21(28)18-7-4-14-29-18/h1-7,14,17H,8-13,15H2,(H,22,27). The van der Waals surface area contributed by atoms with Crippen molar-refractivity contribution in [2.45, 2.75) is 12.5 Å². The van der Waals surface area contributed by atoms with Crippen LogP contribution in [0.1, 0.15) is 17.0 Å². The highest BCUT2D eigenvalue weighted by Gasteiger charge is 2.37. The Kier molecular flexibility index (Phi) is 5.50. The van der Waals surface area contributed by atoms with Crippen LogP contribution in [0.2, 0.25) is 0 Å². The molecule has 3 heterocycles. The Morgan fingerprint density at radius 3 is 2.45 bits per heavy atom. The van der Waals surface area contributed by atoms with Crippen LogP contribution in [0.25, 0.3) is 0 Å². The number of amides is 3. The summed E-state index contributed by atoms with van der Waals surface area (Å²) in [6.45, 7) is 3.38. The lowest BCUT2D eigenvalue weighted by atomic mass is 10.1. The lowest BCUT2D eigenvalue weighted by molar-refractivity contribution is -0.138. The van der Waals surface area contributed by atoms with Gasteiger partial charge in [0.05, 0.1) is 12.7 Å². The van der Waals surface area contributed by atoms with E-state index in [9.17, 15) is 14.4 Å². The number of carbonyl (C=O) groups is 3. The van der Waals surface area contributed by atoms with Crippen molar-refractivity contribution in [3.05, 3.63) is 54.5 Å². The van der Waals surface area contributed by atoms with Crippen molar-refractivity contribution >= 4 is 23.4 Å². The zero-order valence-corrected chi connectivity index (χ0v) is 16.1. The number of piperazine rings is 2. The Labute approximate surface area is 169 Å². The summed E-state index contributed by atoms with van der Waals surface area (Å²) in [5, 5.41) is 2.76. The highest BCUT2D eigenvalue weighted by atomic mass is 16.3. The number of nitrogens with one attached hydrogen (secondary N) is 1. The first-order valence-electron chi connectivity index (χ1n) is 9.83. The molecule has 8 nitrogen and oxygen atoms in total. The van der Waals surface area contributed by atoms with E-state index in [1.165, 1.54) is 11.2 Å². The first-order valence-corrected chi connectivity index (χ1v) is 9.83. The molecule has 0 aliphatic carbocycles. The van der Waals surface area contributed by atoms with Crippen LogP contribution in [-0.2, 0) is 9.59 Å². The summed E-state index contributed by atoms with van der Waals surface area (Å²) in [6, 6.07) is 12.5. The van der Waals surface area contributed by atoms with E-state index < -0.39 is 6.04 Å². The predicted octanol–water partition coefficient (Wildman–Crippen LogP) is 0.959. The summed E-state index contributed by atoms with van der Waals surface area (Å²) in [5.41, 5.74) is 1.14. The number of carbonyl (C=O) groups excluding carboxylic acids is 3. The molecule has 2 saturated heterocycles. The van der Waals surface area contributed by atoms with Crippen LogP contribution in [0.5, 0.6) is 0 Å². The van der Waals surface area contributed by atoms with Crippen LogP contribution in [0.4, 0.5) is 5.69 Å². The molecule has 1 N–H and O–H groups in total. The van der Waals surface area contributed by atoms with E-state index in [4.69, 9.17) is 4.42 Å². The van der Waals surface area contributed by atoms with Gasteiger partial charge in [0.15, 0.2) is 5.76 Å². The quantitative estimate of drug-likeness (QED) is 0.832. The van der Waals surface area contributed by atoms with Gasteiger partial charge < -0.3 is 24.4 Å². The SMILES string of the molecule is O=C1NCCN(C(=O)c2ccco2)C1CC(=O)N1CCN(c2ccccc2)CC1. The van der Waals surface area contributed by atoms with Crippen molar-refractivity contribution < 1.29 is 18.8 Å². The highest BCUT2D eigenvalue weighted by Crippen LogP contribution is 2.18. The lowest BCUT2D eigenvalue weighted by Crippen LogP contribution is -2.59. The molecule has 152 valence electrons. The highest BCUT2D eigenvalue weighted by molar-refractivity contribution is 5.98. The maximum absolute atomic E-state index is 12.9. The molecule has 2 aromatic rings. The number of hydrogen-bond donors (Lipinski definition) is 1. The lowest BCUT2D eigenvalue weighted by Gasteiger charge is -2.38. The average molecular weight is 396 g/mol. The maximum atomic E-state index is 12.9. The van der Waals surface area contributed by atoms with Gasteiger partial charge >= 0.3 is 0 Å². The fraction of sp³-hybridized carbons (Fsp3) is 0.381. The van der Waals surface area contributed by atoms with Gasteiger partial charge in [-0.2, -0.15) is 0 Å². The molecule has 1 atom stereocenters. The van der Waals surface area contributed by atoms with Crippen molar-refractivity contribution in [3.63, 3.8) is 0 Å². The minimum atomic E-state index is -0.819. The summed E-state index contributed by atoms with van der Waals surface area (Å²) in [4.78, 5) is 43.4. The zero-order chi connectivity index (χ0) is 20.2. The molecule has 4 rings (SSSR count). The number of benzene rings is 1. The van der Waals surface area contributed by atoms with Crippen LogP contribution in [-0.4, -0.2) is 72.8 Å². The van der Waals surface area contributed by atoms with Gasteiger partial charge in [0.25, 0.3) is 5.91 Å². The number of para-hydroxylation sites is 1. The van der Waals surface area contributed by atoms with E-state index in [0.29, 0.717) is 26.2 Å². The summed E-state index contributed by atoms with van der Waals surface area (Å²) < 4.78 is 5.18. The van der Waals surface area contributed by atoms with Gasteiger partial charge in [-0.1, -0.05) is 18.2 Å². The monoisotopic (exact) mass is 396 g/mol. The number of anilines is 1. The average Bonchev–Trinajstić information content (AvgIpc) is 3.30. The molecule has 29 heavy (non-hydrogen) atoms. The van der Waals surface area contributed by atoms with Crippen molar-refractivity contribution in [2.75, 3.05) is 44.2 Å². The minimum Gasteiger partial charge on any atom is -0.459 e. The zero-order valence-electron chi connectivity index (χ0n) is 16.1. The molecule has 2 aliphatic rings. The fourth-order valence-electron chi connectivity index (χ4n) is 3.85. The third-order valence-electron chi connectivity index (χ3n) is 5.45. The van der Waals surface area contributed by atoms with Gasteiger partial charge in [-0.3, -0.25) is 14.4 Å². The largest absolute Gasteiger partial charge is 0.459 e. The third-order valence-corrected chi connectivity index (χ3v) is 5.45. The smallest absolute Gasteiger partial charge is 0.290 e. The predicted molar refractivity (Wildman–Crippen MR) is 106 cm³/mol. The Hall–Kier alpha value is -3.29. The topological polar surface area (TPSA) is 86.1 Å². The van der Waals surface area contributed by atoms with Gasteiger partial charge in [0, 0.05) is 45.0 Å². The second-order valence-corrected chi connectivity index (χ2v) is 7.19. The molecule has 1 aromatic heterocycles. The Bertz CT molecular complexity index is 860. The van der Waals surface area contributed by atoms with E-state index in [1.807, 2.05) is 18.2 Å². The molecular formula is C21H24N4O4. The Balaban J connectivity index is 1.38. The van der Waals surface area contributed by atoms with Crippen LogP contribution < -0.4 is 10.2 Å². The molecule has 2 aliphatic heterocycles. The summed E-state index contributed by atoms with van der Waals surface area (Å²) in [5.74, 6) is -0.602. The van der Waals surface area contributed by atoms with E-state index in [0.717, 1.165) is 18.8 Å². The summed E-state index contributed by atoms with van der Waals surface area (Å²) in [6.07, 6.45) is 1.40. The normalized spacial score (nSPS) is 19.8. The maximum Gasteiger partial charge on any atom is 0.290 e. The minimum absolute atomic E-state index is 0.0242. The van der Waals surface area contributed by atoms with Crippen molar-refractivity contribution in [2.24, 2.45) is 0 Å². The Morgan fingerprint density at radius 1 is 1.00 bits per heavy atom. The first-order chi connectivity index (χ1) is 14.1. The number of rotatable bonds is 4.